The van der Waals surface area contributed by atoms with Gasteiger partial charge in [-0.1, -0.05) is 0 Å². The Morgan fingerprint density at radius 1 is 1.33 bits per heavy atom. The molecule has 1 atom stereocenters. The third kappa shape index (κ3) is 2.18. The number of hydrogen-bond acceptors (Lipinski definition) is 5. The van der Waals surface area contributed by atoms with Gasteiger partial charge in [-0.05, 0) is 39.7 Å². The quantitative estimate of drug-likeness (QED) is 0.924. The number of aromatic nitrogens is 2. The predicted molar refractivity (Wildman–Crippen MR) is 84.2 cm³/mol. The van der Waals surface area contributed by atoms with Gasteiger partial charge < -0.3 is 10.0 Å². The molecule has 1 unspecified atom stereocenters. The fourth-order valence-electron chi connectivity index (χ4n) is 2.88. The zero-order valence-electron chi connectivity index (χ0n) is 12.7. The van der Waals surface area contributed by atoms with Crippen LogP contribution < -0.4 is 4.90 Å². The molecule has 1 aliphatic rings. The minimum absolute atomic E-state index is 0.502. The highest BCUT2D eigenvalue weighted by molar-refractivity contribution is 7.18. The van der Waals surface area contributed by atoms with Gasteiger partial charge in [-0.3, -0.25) is 4.79 Å². The number of aryl methyl sites for hydroxylation is 3. The summed E-state index contributed by atoms with van der Waals surface area (Å²) in [4.78, 5) is 24.9. The summed E-state index contributed by atoms with van der Waals surface area (Å²) in [6.07, 6.45) is 0.648. The van der Waals surface area contributed by atoms with Gasteiger partial charge in [-0.15, -0.1) is 11.3 Å². The van der Waals surface area contributed by atoms with Crippen LogP contribution >= 0.6 is 11.3 Å². The summed E-state index contributed by atoms with van der Waals surface area (Å²) in [6.45, 7) is 9.10. The first-order chi connectivity index (χ1) is 9.82. The fraction of sp³-hybridized carbons (Fsp3) is 0.533. The molecule has 112 valence electrons. The van der Waals surface area contributed by atoms with Crippen LogP contribution in [0.15, 0.2) is 0 Å². The standard InChI is InChI=1S/C15H19N3O2S/c1-8-9(2)21-13-11(8)12(16-10(3)17-13)18-6-5-15(4,7-18)14(19)20/h5-7H2,1-4H3,(H,19,20). The molecule has 0 saturated carbocycles. The highest BCUT2D eigenvalue weighted by Crippen LogP contribution is 2.39. The van der Waals surface area contributed by atoms with Crippen LogP contribution in [0.4, 0.5) is 5.82 Å². The van der Waals surface area contributed by atoms with E-state index < -0.39 is 11.4 Å². The van der Waals surface area contributed by atoms with E-state index in [0.717, 1.165) is 28.4 Å². The van der Waals surface area contributed by atoms with Gasteiger partial charge in [0.05, 0.1) is 10.8 Å². The highest BCUT2D eigenvalue weighted by atomic mass is 32.1. The number of fused-ring (bicyclic) bond motifs is 1. The molecule has 1 N–H and O–H groups in total. The van der Waals surface area contributed by atoms with E-state index in [9.17, 15) is 9.90 Å². The number of carboxylic acids is 1. The second-order valence-electron chi connectivity index (χ2n) is 6.10. The summed E-state index contributed by atoms with van der Waals surface area (Å²) in [5.74, 6) is 0.900. The number of nitrogens with zero attached hydrogens (tertiary/aromatic N) is 3. The van der Waals surface area contributed by atoms with Crippen molar-refractivity contribution in [2.24, 2.45) is 5.41 Å². The number of hydrogen-bond donors (Lipinski definition) is 1. The van der Waals surface area contributed by atoms with E-state index in [2.05, 4.69) is 28.7 Å². The van der Waals surface area contributed by atoms with Crippen molar-refractivity contribution < 1.29 is 9.90 Å². The second kappa shape index (κ2) is 4.66. The second-order valence-corrected chi connectivity index (χ2v) is 7.30. The third-order valence-electron chi connectivity index (χ3n) is 4.41. The Morgan fingerprint density at radius 2 is 2.05 bits per heavy atom. The topological polar surface area (TPSA) is 66.3 Å². The molecule has 2 aromatic heterocycles. The van der Waals surface area contributed by atoms with Crippen molar-refractivity contribution in [2.75, 3.05) is 18.0 Å². The Morgan fingerprint density at radius 3 is 2.67 bits per heavy atom. The molecule has 1 aliphatic heterocycles. The molecule has 0 radical (unpaired) electrons. The molecule has 2 aromatic rings. The number of anilines is 1. The fourth-order valence-corrected chi connectivity index (χ4v) is 3.95. The van der Waals surface area contributed by atoms with Crippen molar-refractivity contribution in [1.29, 1.82) is 0 Å². The normalized spacial score (nSPS) is 22.2. The Labute approximate surface area is 127 Å². The minimum Gasteiger partial charge on any atom is -0.481 e. The molecule has 0 spiro atoms. The van der Waals surface area contributed by atoms with Gasteiger partial charge in [0, 0.05) is 18.0 Å². The molecular weight excluding hydrogens is 286 g/mol. The van der Waals surface area contributed by atoms with Crippen LogP contribution in [0.1, 0.15) is 29.6 Å². The lowest BCUT2D eigenvalue weighted by Crippen LogP contribution is -2.32. The number of carbonyl (C=O) groups is 1. The summed E-state index contributed by atoms with van der Waals surface area (Å²) in [7, 11) is 0. The molecule has 6 heteroatoms. The summed E-state index contributed by atoms with van der Waals surface area (Å²) >= 11 is 1.68. The maximum Gasteiger partial charge on any atom is 0.311 e. The minimum atomic E-state index is -0.731. The summed E-state index contributed by atoms with van der Waals surface area (Å²) in [6, 6.07) is 0. The van der Waals surface area contributed by atoms with Crippen molar-refractivity contribution in [1.82, 2.24) is 9.97 Å². The van der Waals surface area contributed by atoms with Crippen LogP contribution in [-0.4, -0.2) is 34.1 Å². The van der Waals surface area contributed by atoms with Crippen LogP contribution in [-0.2, 0) is 4.79 Å². The first-order valence-electron chi connectivity index (χ1n) is 7.04. The molecular formula is C15H19N3O2S. The van der Waals surface area contributed by atoms with Crippen LogP contribution in [0.25, 0.3) is 10.2 Å². The lowest BCUT2D eigenvalue weighted by Gasteiger charge is -2.22. The van der Waals surface area contributed by atoms with E-state index in [4.69, 9.17) is 0 Å². The predicted octanol–water partition coefficient (Wildman–Crippen LogP) is 2.92. The Bertz CT molecular complexity index is 740. The average molecular weight is 305 g/mol. The van der Waals surface area contributed by atoms with E-state index in [1.54, 1.807) is 11.3 Å². The molecule has 0 aromatic carbocycles. The van der Waals surface area contributed by atoms with Crippen LogP contribution in [0.2, 0.25) is 0 Å². The largest absolute Gasteiger partial charge is 0.481 e. The molecule has 3 heterocycles. The lowest BCUT2D eigenvalue weighted by atomic mass is 9.90. The van der Waals surface area contributed by atoms with Gasteiger partial charge >= 0.3 is 5.97 Å². The molecule has 0 bridgehead atoms. The maximum atomic E-state index is 11.4. The van der Waals surface area contributed by atoms with Crippen LogP contribution in [0, 0.1) is 26.2 Å². The summed E-state index contributed by atoms with van der Waals surface area (Å²) in [5.41, 5.74) is 0.512. The van der Waals surface area contributed by atoms with Crippen LogP contribution in [0.5, 0.6) is 0 Å². The molecule has 1 saturated heterocycles. The zero-order valence-corrected chi connectivity index (χ0v) is 13.5. The van der Waals surface area contributed by atoms with Gasteiger partial charge in [-0.2, -0.15) is 0 Å². The monoisotopic (exact) mass is 305 g/mol. The van der Waals surface area contributed by atoms with Crippen LogP contribution in [0.3, 0.4) is 0 Å². The smallest absolute Gasteiger partial charge is 0.311 e. The molecule has 21 heavy (non-hydrogen) atoms. The first-order valence-corrected chi connectivity index (χ1v) is 7.86. The van der Waals surface area contributed by atoms with Crippen molar-refractivity contribution in [3.05, 3.63) is 16.3 Å². The van der Waals surface area contributed by atoms with E-state index in [-0.39, 0.29) is 0 Å². The number of rotatable bonds is 2. The third-order valence-corrected chi connectivity index (χ3v) is 5.51. The van der Waals surface area contributed by atoms with Crippen molar-refractivity contribution in [3.63, 3.8) is 0 Å². The summed E-state index contributed by atoms with van der Waals surface area (Å²) < 4.78 is 0. The van der Waals surface area contributed by atoms with Crippen molar-refractivity contribution in [3.8, 4) is 0 Å². The molecule has 1 fully saturated rings. The number of aliphatic carboxylic acids is 1. The Balaban J connectivity index is 2.11. The maximum absolute atomic E-state index is 11.4. The zero-order chi connectivity index (χ0) is 15.4. The van der Waals surface area contributed by atoms with E-state index in [1.165, 1.54) is 10.4 Å². The summed E-state index contributed by atoms with van der Waals surface area (Å²) in [5, 5.41) is 10.5. The molecule has 3 rings (SSSR count). The van der Waals surface area contributed by atoms with E-state index in [1.807, 2.05) is 13.8 Å². The van der Waals surface area contributed by atoms with Crippen molar-refractivity contribution in [2.45, 2.75) is 34.1 Å². The van der Waals surface area contributed by atoms with Gasteiger partial charge in [0.1, 0.15) is 16.5 Å². The lowest BCUT2D eigenvalue weighted by molar-refractivity contribution is -0.146. The molecule has 5 nitrogen and oxygen atoms in total. The Kier molecular flexibility index (Phi) is 3.16. The Hall–Kier alpha value is -1.69. The highest BCUT2D eigenvalue weighted by Gasteiger charge is 2.41. The van der Waals surface area contributed by atoms with Gasteiger partial charge in [0.2, 0.25) is 0 Å². The average Bonchev–Trinajstić information content (AvgIpc) is 2.92. The SMILES string of the molecule is Cc1nc(N2CCC(C)(C(=O)O)C2)c2c(C)c(C)sc2n1. The van der Waals surface area contributed by atoms with Gasteiger partial charge in [0.25, 0.3) is 0 Å². The first kappa shape index (κ1) is 14.3. The van der Waals surface area contributed by atoms with Crippen molar-refractivity contribution >= 4 is 33.3 Å². The number of carboxylic acid groups (broad SMARTS) is 1. The van der Waals surface area contributed by atoms with Gasteiger partial charge in [0.15, 0.2) is 0 Å². The van der Waals surface area contributed by atoms with E-state index >= 15 is 0 Å². The van der Waals surface area contributed by atoms with Gasteiger partial charge in [-0.25, -0.2) is 9.97 Å². The molecule has 0 amide bonds. The number of thiophene rings is 1. The molecule has 0 aliphatic carbocycles. The van der Waals surface area contributed by atoms with E-state index in [0.29, 0.717) is 13.0 Å².